The maximum atomic E-state index is 11.5. The predicted octanol–water partition coefficient (Wildman–Crippen LogP) is 1.32. The van der Waals surface area contributed by atoms with E-state index in [1.54, 1.807) is 0 Å². The zero-order valence-electron chi connectivity index (χ0n) is 9.40. The maximum Gasteiger partial charge on any atom is 0.200 e. The minimum absolute atomic E-state index is 0.0777. The quantitative estimate of drug-likeness (QED) is 0.433. The Morgan fingerprint density at radius 1 is 1.47 bits per heavy atom. The van der Waals surface area contributed by atoms with Crippen LogP contribution in [0.15, 0.2) is 12.2 Å². The smallest absolute Gasteiger partial charge is 0.200 e. The summed E-state index contributed by atoms with van der Waals surface area (Å²) in [7, 11) is 0. The molecule has 0 amide bonds. The van der Waals surface area contributed by atoms with Crippen molar-refractivity contribution >= 4 is 12.1 Å². The van der Waals surface area contributed by atoms with E-state index in [1.165, 1.54) is 0 Å². The number of Topliss-reactive ketones (excluding diaryl/α,β-unsaturated/α-hetero) is 1. The summed E-state index contributed by atoms with van der Waals surface area (Å²) in [6, 6.07) is -0.210. The molecule has 1 aliphatic carbocycles. The van der Waals surface area contributed by atoms with Crippen LogP contribution in [0.2, 0.25) is 0 Å². The van der Waals surface area contributed by atoms with E-state index < -0.39 is 0 Å². The molecule has 0 saturated heterocycles. The van der Waals surface area contributed by atoms with Crippen molar-refractivity contribution in [1.29, 1.82) is 0 Å². The van der Waals surface area contributed by atoms with Crippen molar-refractivity contribution < 1.29 is 9.59 Å². The summed E-state index contributed by atoms with van der Waals surface area (Å²) >= 11 is 0. The topological polar surface area (TPSA) is 60.2 Å². The number of nitrogens with two attached hydrogens (primary N) is 1. The fourth-order valence-corrected chi connectivity index (χ4v) is 2.46. The first-order chi connectivity index (χ1) is 6.99. The number of allylic oxidation sites excluding steroid dienone is 1. The van der Waals surface area contributed by atoms with E-state index in [2.05, 4.69) is 6.58 Å². The molecule has 1 aliphatic rings. The summed E-state index contributed by atoms with van der Waals surface area (Å²) in [4.78, 5) is 22.1. The molecule has 1 saturated carbocycles. The van der Waals surface area contributed by atoms with Gasteiger partial charge in [0.1, 0.15) is 0 Å². The monoisotopic (exact) mass is 209 g/mol. The number of rotatable bonds is 3. The lowest BCUT2D eigenvalue weighted by Crippen LogP contribution is -2.48. The lowest BCUT2D eigenvalue weighted by molar-refractivity contribution is -0.135. The van der Waals surface area contributed by atoms with Gasteiger partial charge in [-0.3, -0.25) is 9.59 Å². The van der Waals surface area contributed by atoms with Crippen molar-refractivity contribution in [2.75, 3.05) is 0 Å². The molecule has 0 aromatic rings. The fraction of sp³-hybridized carbons (Fsp3) is 0.667. The molecule has 0 spiro atoms. The van der Waals surface area contributed by atoms with Crippen LogP contribution in [0.1, 0.15) is 26.7 Å². The number of hydrogen-bond donors (Lipinski definition) is 1. The first kappa shape index (κ1) is 12.1. The van der Waals surface area contributed by atoms with Crippen molar-refractivity contribution in [1.82, 2.24) is 0 Å². The molecule has 3 nitrogen and oxygen atoms in total. The SMILES string of the molecule is C=C(C)[C@@H]1CCC(C)C(N)C1C(=O)C=O. The van der Waals surface area contributed by atoms with E-state index in [-0.39, 0.29) is 23.7 Å². The Kier molecular flexibility index (Phi) is 3.80. The van der Waals surface area contributed by atoms with Crippen LogP contribution in [0.25, 0.3) is 0 Å². The number of carbonyl (C=O) groups excluding carboxylic acids is 2. The van der Waals surface area contributed by atoms with Crippen molar-refractivity contribution in [3.63, 3.8) is 0 Å². The van der Waals surface area contributed by atoms with Gasteiger partial charge in [-0.2, -0.15) is 0 Å². The highest BCUT2D eigenvalue weighted by molar-refractivity contribution is 6.26. The average Bonchev–Trinajstić information content (AvgIpc) is 2.20. The minimum atomic E-state index is -0.373. The Labute approximate surface area is 90.7 Å². The van der Waals surface area contributed by atoms with Crippen LogP contribution in [0.3, 0.4) is 0 Å². The van der Waals surface area contributed by atoms with Gasteiger partial charge >= 0.3 is 0 Å². The van der Waals surface area contributed by atoms with E-state index in [9.17, 15) is 9.59 Å². The van der Waals surface area contributed by atoms with Crippen molar-refractivity contribution in [3.8, 4) is 0 Å². The van der Waals surface area contributed by atoms with Crippen LogP contribution < -0.4 is 5.73 Å². The second kappa shape index (κ2) is 4.71. The molecule has 1 rings (SSSR count). The maximum absolute atomic E-state index is 11.5. The minimum Gasteiger partial charge on any atom is -0.327 e. The van der Waals surface area contributed by atoms with E-state index in [0.29, 0.717) is 12.2 Å². The van der Waals surface area contributed by atoms with Crippen molar-refractivity contribution in [2.45, 2.75) is 32.7 Å². The summed E-state index contributed by atoms with van der Waals surface area (Å²) in [5.74, 6) is -0.353. The highest BCUT2D eigenvalue weighted by Gasteiger charge is 2.39. The van der Waals surface area contributed by atoms with E-state index in [0.717, 1.165) is 18.4 Å². The van der Waals surface area contributed by atoms with Gasteiger partial charge < -0.3 is 5.73 Å². The van der Waals surface area contributed by atoms with Gasteiger partial charge in [-0.25, -0.2) is 0 Å². The zero-order chi connectivity index (χ0) is 11.6. The first-order valence-corrected chi connectivity index (χ1v) is 5.39. The molecule has 1 fully saturated rings. The third-order valence-corrected chi connectivity index (χ3v) is 3.52. The first-order valence-electron chi connectivity index (χ1n) is 5.39. The predicted molar refractivity (Wildman–Crippen MR) is 59.2 cm³/mol. The second-order valence-corrected chi connectivity index (χ2v) is 4.63. The summed E-state index contributed by atoms with van der Waals surface area (Å²) in [6.07, 6.45) is 2.31. The molecule has 0 aliphatic heterocycles. The van der Waals surface area contributed by atoms with Gasteiger partial charge in [0.25, 0.3) is 0 Å². The summed E-state index contributed by atoms with van der Waals surface area (Å²) in [5.41, 5.74) is 6.96. The molecule has 0 heterocycles. The van der Waals surface area contributed by atoms with Crippen molar-refractivity contribution in [3.05, 3.63) is 12.2 Å². The van der Waals surface area contributed by atoms with Crippen LogP contribution in [0.4, 0.5) is 0 Å². The summed E-state index contributed by atoms with van der Waals surface area (Å²) < 4.78 is 0. The molecule has 2 N–H and O–H groups in total. The van der Waals surface area contributed by atoms with E-state index in [4.69, 9.17) is 5.73 Å². The van der Waals surface area contributed by atoms with Gasteiger partial charge in [0.2, 0.25) is 0 Å². The molecule has 3 unspecified atom stereocenters. The van der Waals surface area contributed by atoms with Gasteiger partial charge in [-0.15, -0.1) is 0 Å². The number of hydrogen-bond acceptors (Lipinski definition) is 3. The molecule has 0 aromatic carbocycles. The normalized spacial score (nSPS) is 35.9. The van der Waals surface area contributed by atoms with Crippen LogP contribution in [-0.2, 0) is 9.59 Å². The van der Waals surface area contributed by atoms with Gasteiger partial charge in [0.15, 0.2) is 12.1 Å². The van der Waals surface area contributed by atoms with Gasteiger partial charge in [0, 0.05) is 12.0 Å². The Balaban J connectivity index is 2.93. The van der Waals surface area contributed by atoms with Gasteiger partial charge in [-0.1, -0.05) is 19.1 Å². The van der Waals surface area contributed by atoms with Gasteiger partial charge in [-0.05, 0) is 31.6 Å². The molecular formula is C12H19NO2. The number of carbonyl (C=O) groups is 2. The van der Waals surface area contributed by atoms with Crippen molar-refractivity contribution in [2.24, 2.45) is 23.5 Å². The Bertz CT molecular complexity index is 285. The third-order valence-electron chi connectivity index (χ3n) is 3.52. The molecule has 0 radical (unpaired) electrons. The molecule has 3 heteroatoms. The zero-order valence-corrected chi connectivity index (χ0v) is 9.40. The summed E-state index contributed by atoms with van der Waals surface area (Å²) in [5, 5.41) is 0. The number of ketones is 1. The molecule has 15 heavy (non-hydrogen) atoms. The van der Waals surface area contributed by atoms with Crippen LogP contribution in [0.5, 0.6) is 0 Å². The Hall–Kier alpha value is -0.960. The molecule has 0 aromatic heterocycles. The molecular weight excluding hydrogens is 190 g/mol. The molecule has 0 bridgehead atoms. The summed E-state index contributed by atoms with van der Waals surface area (Å²) in [6.45, 7) is 7.81. The third kappa shape index (κ3) is 2.34. The highest BCUT2D eigenvalue weighted by atomic mass is 16.2. The van der Waals surface area contributed by atoms with E-state index in [1.807, 2.05) is 13.8 Å². The van der Waals surface area contributed by atoms with Crippen LogP contribution >= 0.6 is 0 Å². The molecule has 4 atom stereocenters. The van der Waals surface area contributed by atoms with Crippen LogP contribution in [-0.4, -0.2) is 18.1 Å². The average molecular weight is 209 g/mol. The van der Waals surface area contributed by atoms with Gasteiger partial charge in [0.05, 0.1) is 0 Å². The lowest BCUT2D eigenvalue weighted by Gasteiger charge is -2.38. The Morgan fingerprint density at radius 2 is 2.07 bits per heavy atom. The van der Waals surface area contributed by atoms with E-state index >= 15 is 0 Å². The standard InChI is InChI=1S/C12H19NO2/c1-7(2)9-5-4-8(3)12(13)11(9)10(15)6-14/h6,8-9,11-12H,1,4-5,13H2,2-3H3/t8?,9-,11?,12?/m0/s1. The second-order valence-electron chi connectivity index (χ2n) is 4.63. The van der Waals surface area contributed by atoms with Crippen LogP contribution in [0, 0.1) is 17.8 Å². The fourth-order valence-electron chi connectivity index (χ4n) is 2.46. The lowest BCUT2D eigenvalue weighted by atomic mass is 9.67. The molecule has 84 valence electrons. The Morgan fingerprint density at radius 3 is 2.53 bits per heavy atom. The largest absolute Gasteiger partial charge is 0.327 e. The highest BCUT2D eigenvalue weighted by Crippen LogP contribution is 2.36. The number of aldehydes is 1.